The normalized spacial score (nSPS) is 11.7. The Kier molecular flexibility index (Phi) is 3.69. The molecule has 0 bridgehead atoms. The van der Waals surface area contributed by atoms with Gasteiger partial charge in [-0.1, -0.05) is 0 Å². The van der Waals surface area contributed by atoms with Crippen molar-refractivity contribution in [1.82, 2.24) is 0 Å². The monoisotopic (exact) mass is 254 g/mol. The topological polar surface area (TPSA) is 26.3 Å². The van der Waals surface area contributed by atoms with Crippen molar-refractivity contribution in [1.29, 1.82) is 0 Å². The molecule has 0 heterocycles. The number of carbonyl (C=O) groups excluding carboxylic acids is 1. The maximum Gasteiger partial charge on any atom is 0.573 e. The molecule has 17 heavy (non-hydrogen) atoms. The lowest BCUT2D eigenvalue weighted by molar-refractivity contribution is -0.274. The predicted octanol–water partition coefficient (Wildman–Crippen LogP) is 3.34. The maximum atomic E-state index is 12.1. The molecule has 0 amide bonds. The number of ketones is 1. The molecule has 0 fully saturated rings. The van der Waals surface area contributed by atoms with E-state index < -0.39 is 24.3 Å². The summed E-state index contributed by atoms with van der Waals surface area (Å²) in [4.78, 5) is 10.9. The Morgan fingerprint density at radius 2 is 1.88 bits per heavy atom. The van der Waals surface area contributed by atoms with E-state index in [2.05, 4.69) is 4.74 Å². The molecule has 0 spiro atoms. The number of hydrogen-bond donors (Lipinski definition) is 0. The number of aryl methyl sites for hydroxylation is 1. The van der Waals surface area contributed by atoms with E-state index in [0.29, 0.717) is 0 Å². The Hall–Kier alpha value is -1.66. The van der Waals surface area contributed by atoms with Crippen LogP contribution in [0.1, 0.15) is 15.9 Å². The van der Waals surface area contributed by atoms with Gasteiger partial charge in [0.2, 0.25) is 5.78 Å². The van der Waals surface area contributed by atoms with E-state index in [1.54, 1.807) is 0 Å². The number of Topliss-reactive ketones (excluding diaryl/α,β-unsaturated/α-hetero) is 1. The Labute approximate surface area is 93.0 Å². The molecule has 0 aliphatic heterocycles. The molecule has 0 radical (unpaired) electrons. The van der Waals surface area contributed by atoms with Crippen molar-refractivity contribution in [3.63, 3.8) is 0 Å². The number of alkyl halides is 5. The predicted molar refractivity (Wildman–Crippen MR) is 48.2 cm³/mol. The third-order valence-electron chi connectivity index (χ3n) is 1.90. The van der Waals surface area contributed by atoms with Gasteiger partial charge in [-0.05, 0) is 30.7 Å². The molecule has 0 saturated heterocycles. The van der Waals surface area contributed by atoms with Crippen LogP contribution in [0.2, 0.25) is 0 Å². The third kappa shape index (κ3) is 3.69. The molecule has 7 heteroatoms. The molecule has 0 unspecified atom stereocenters. The van der Waals surface area contributed by atoms with Crippen LogP contribution in [0.4, 0.5) is 22.0 Å². The fraction of sp³-hybridized carbons (Fsp3) is 0.300. The van der Waals surface area contributed by atoms with E-state index in [0.717, 1.165) is 18.2 Å². The molecule has 94 valence electrons. The number of ether oxygens (including phenoxy) is 1. The SMILES string of the molecule is Cc1cc(OC(F)(F)F)ccc1C(=O)C(F)F. The minimum absolute atomic E-state index is 0.00273. The van der Waals surface area contributed by atoms with Gasteiger partial charge in [-0.15, -0.1) is 13.2 Å². The highest BCUT2D eigenvalue weighted by atomic mass is 19.4. The Bertz CT molecular complexity index is 425. The smallest absolute Gasteiger partial charge is 0.406 e. The summed E-state index contributed by atoms with van der Waals surface area (Å²) in [5.41, 5.74) is -0.327. The van der Waals surface area contributed by atoms with Gasteiger partial charge < -0.3 is 4.74 Å². The second-order valence-electron chi connectivity index (χ2n) is 3.19. The van der Waals surface area contributed by atoms with Crippen LogP contribution in [0.15, 0.2) is 18.2 Å². The standard InChI is InChI=1S/C10H7F5O2/c1-5-4-6(17-10(13,14)15)2-3-7(5)8(16)9(11)12/h2-4,9H,1H3. The van der Waals surface area contributed by atoms with Crippen molar-refractivity contribution in [2.45, 2.75) is 19.7 Å². The first kappa shape index (κ1) is 13.4. The average Bonchev–Trinajstić information content (AvgIpc) is 2.14. The van der Waals surface area contributed by atoms with E-state index in [1.807, 2.05) is 0 Å². The first-order valence-electron chi connectivity index (χ1n) is 4.39. The summed E-state index contributed by atoms with van der Waals surface area (Å²) in [6.45, 7) is 1.25. The maximum absolute atomic E-state index is 12.1. The molecule has 2 nitrogen and oxygen atoms in total. The van der Waals surface area contributed by atoms with Crippen molar-refractivity contribution in [2.75, 3.05) is 0 Å². The molecule has 1 rings (SSSR count). The van der Waals surface area contributed by atoms with Crippen LogP contribution in [0, 0.1) is 6.92 Å². The van der Waals surface area contributed by atoms with Gasteiger partial charge in [-0.25, -0.2) is 8.78 Å². The number of benzene rings is 1. The number of halogens is 5. The van der Waals surface area contributed by atoms with Crippen molar-refractivity contribution in [3.8, 4) is 5.75 Å². The minimum atomic E-state index is -4.86. The van der Waals surface area contributed by atoms with Gasteiger partial charge in [0.05, 0.1) is 0 Å². The highest BCUT2D eigenvalue weighted by Crippen LogP contribution is 2.25. The summed E-state index contributed by atoms with van der Waals surface area (Å²) in [6.07, 6.45) is -8.05. The summed E-state index contributed by atoms with van der Waals surface area (Å²) in [5.74, 6) is -1.98. The molecule has 1 aromatic rings. The Morgan fingerprint density at radius 1 is 1.29 bits per heavy atom. The Balaban J connectivity index is 2.98. The van der Waals surface area contributed by atoms with E-state index in [1.165, 1.54) is 6.92 Å². The van der Waals surface area contributed by atoms with Gasteiger partial charge in [0.25, 0.3) is 0 Å². The van der Waals surface area contributed by atoms with Gasteiger partial charge in [-0.2, -0.15) is 0 Å². The first-order chi connectivity index (χ1) is 7.70. The molecular formula is C10H7F5O2. The molecule has 0 aromatic heterocycles. The van der Waals surface area contributed by atoms with Crippen LogP contribution in [0.25, 0.3) is 0 Å². The lowest BCUT2D eigenvalue weighted by Gasteiger charge is -2.11. The molecule has 0 N–H and O–H groups in total. The quantitative estimate of drug-likeness (QED) is 0.610. The molecule has 0 atom stereocenters. The van der Waals surface area contributed by atoms with Crippen LogP contribution in [-0.2, 0) is 0 Å². The fourth-order valence-corrected chi connectivity index (χ4v) is 1.23. The lowest BCUT2D eigenvalue weighted by atomic mass is 10.0. The van der Waals surface area contributed by atoms with Gasteiger partial charge in [0.15, 0.2) is 0 Å². The van der Waals surface area contributed by atoms with Crippen LogP contribution in [-0.4, -0.2) is 18.6 Å². The summed E-state index contributed by atoms with van der Waals surface area (Å²) in [5, 5.41) is 0. The summed E-state index contributed by atoms with van der Waals surface area (Å²) in [7, 11) is 0. The Morgan fingerprint density at radius 3 is 2.29 bits per heavy atom. The van der Waals surface area contributed by atoms with Crippen molar-refractivity contribution in [3.05, 3.63) is 29.3 Å². The molecule has 0 aliphatic carbocycles. The summed E-state index contributed by atoms with van der Waals surface area (Å²) >= 11 is 0. The second kappa shape index (κ2) is 4.68. The van der Waals surface area contributed by atoms with Crippen molar-refractivity contribution in [2.24, 2.45) is 0 Å². The zero-order valence-electron chi connectivity index (χ0n) is 8.52. The highest BCUT2D eigenvalue weighted by molar-refractivity contribution is 5.99. The van der Waals surface area contributed by atoms with Crippen LogP contribution < -0.4 is 4.74 Å². The van der Waals surface area contributed by atoms with Gasteiger partial charge >= 0.3 is 12.8 Å². The first-order valence-corrected chi connectivity index (χ1v) is 4.39. The zero-order valence-corrected chi connectivity index (χ0v) is 8.52. The fourth-order valence-electron chi connectivity index (χ4n) is 1.23. The number of hydrogen-bond acceptors (Lipinski definition) is 2. The van der Waals surface area contributed by atoms with E-state index in [9.17, 15) is 26.7 Å². The third-order valence-corrected chi connectivity index (χ3v) is 1.90. The summed E-state index contributed by atoms with van der Waals surface area (Å²) in [6, 6.07) is 2.57. The van der Waals surface area contributed by atoms with Crippen LogP contribution in [0.5, 0.6) is 5.75 Å². The van der Waals surface area contributed by atoms with Crippen molar-refractivity contribution < 1.29 is 31.5 Å². The zero-order chi connectivity index (χ0) is 13.2. The lowest BCUT2D eigenvalue weighted by Crippen LogP contribution is -2.18. The minimum Gasteiger partial charge on any atom is -0.406 e. The average molecular weight is 254 g/mol. The largest absolute Gasteiger partial charge is 0.573 e. The summed E-state index contributed by atoms with van der Waals surface area (Å²) < 4.78 is 63.3. The van der Waals surface area contributed by atoms with Crippen LogP contribution in [0.3, 0.4) is 0 Å². The molecular weight excluding hydrogens is 247 g/mol. The molecule has 1 aromatic carbocycles. The second-order valence-corrected chi connectivity index (χ2v) is 3.19. The van der Waals surface area contributed by atoms with Crippen molar-refractivity contribution >= 4 is 5.78 Å². The van der Waals surface area contributed by atoms with Gasteiger partial charge in [-0.3, -0.25) is 4.79 Å². The number of rotatable bonds is 3. The van der Waals surface area contributed by atoms with Gasteiger partial charge in [0, 0.05) is 5.56 Å². The van der Waals surface area contributed by atoms with Gasteiger partial charge in [0.1, 0.15) is 5.75 Å². The number of carbonyl (C=O) groups is 1. The van der Waals surface area contributed by atoms with E-state index >= 15 is 0 Å². The van der Waals surface area contributed by atoms with Crippen LogP contribution >= 0.6 is 0 Å². The van der Waals surface area contributed by atoms with E-state index in [4.69, 9.17) is 0 Å². The highest BCUT2D eigenvalue weighted by Gasteiger charge is 2.31. The molecule has 0 saturated carbocycles. The van der Waals surface area contributed by atoms with E-state index in [-0.39, 0.29) is 11.1 Å². The molecule has 0 aliphatic rings.